The molecule has 0 radical (unpaired) electrons. The first-order chi connectivity index (χ1) is 23.2. The van der Waals surface area contributed by atoms with Crippen molar-refractivity contribution >= 4 is 92.0 Å². The molecule has 2 aromatic rings. The quantitative estimate of drug-likeness (QED) is 0.0968. The van der Waals surface area contributed by atoms with Gasteiger partial charge in [0.2, 0.25) is 11.8 Å². The molecule has 2 fully saturated rings. The van der Waals surface area contributed by atoms with Crippen molar-refractivity contribution in [1.29, 1.82) is 0 Å². The lowest BCUT2D eigenvalue weighted by Crippen LogP contribution is -2.41. The van der Waals surface area contributed by atoms with Gasteiger partial charge in [-0.05, 0) is 49.9 Å². The fraction of sp³-hybridized carbons (Fsp3) is 0.333. The van der Waals surface area contributed by atoms with Gasteiger partial charge in [0.05, 0.1) is 20.9 Å². The molecule has 0 unspecified atom stereocenters. The summed E-state index contributed by atoms with van der Waals surface area (Å²) >= 11 is 13.0. The van der Waals surface area contributed by atoms with Gasteiger partial charge in [-0.1, -0.05) is 60.8 Å². The van der Waals surface area contributed by atoms with Crippen LogP contribution in [0.1, 0.15) is 72.1 Å². The van der Waals surface area contributed by atoms with Gasteiger partial charge >= 0.3 is 0 Å². The maximum absolute atomic E-state index is 13.2. The number of nitrogens with zero attached hydrogens (tertiary/aromatic N) is 4. The molecule has 14 nitrogen and oxygen atoms in total. The van der Waals surface area contributed by atoms with Gasteiger partial charge in [0, 0.05) is 50.7 Å². The monoisotopic (exact) mass is 728 g/mol. The van der Waals surface area contributed by atoms with Crippen molar-refractivity contribution in [2.45, 2.75) is 51.4 Å². The lowest BCUT2D eigenvalue weighted by atomic mass is 10.2. The molecule has 2 aliphatic heterocycles. The van der Waals surface area contributed by atoms with Gasteiger partial charge < -0.3 is 0 Å². The molecule has 0 atom stereocenters. The van der Waals surface area contributed by atoms with Crippen LogP contribution >= 0.6 is 48.0 Å². The van der Waals surface area contributed by atoms with Gasteiger partial charge in [-0.25, -0.2) is 0 Å². The fourth-order valence-corrected chi connectivity index (χ4v) is 7.21. The van der Waals surface area contributed by atoms with Gasteiger partial charge in [0.25, 0.3) is 23.6 Å². The topological polar surface area (TPSA) is 183 Å². The lowest BCUT2D eigenvalue weighted by molar-refractivity contribution is -0.124. The number of rotatable bonds is 14. The van der Waals surface area contributed by atoms with E-state index in [0.29, 0.717) is 71.4 Å². The number of carbonyl (C=O) groups is 6. The molecule has 0 aromatic carbocycles. The van der Waals surface area contributed by atoms with Crippen LogP contribution in [-0.4, -0.2) is 76.9 Å². The van der Waals surface area contributed by atoms with Crippen molar-refractivity contribution in [2.24, 2.45) is 0 Å². The van der Waals surface area contributed by atoms with Crippen molar-refractivity contribution < 1.29 is 28.8 Å². The van der Waals surface area contributed by atoms with E-state index in [2.05, 4.69) is 31.7 Å². The number of thioether (sulfide) groups is 2. The largest absolute Gasteiger partial charge is 0.293 e. The summed E-state index contributed by atoms with van der Waals surface area (Å²) in [5.41, 5.74) is 10.1. The van der Waals surface area contributed by atoms with Gasteiger partial charge in [-0.2, -0.15) is 0 Å². The van der Waals surface area contributed by atoms with Gasteiger partial charge in [-0.15, -0.1) is 0 Å². The van der Waals surface area contributed by atoms with Crippen molar-refractivity contribution in [3.8, 4) is 0 Å². The van der Waals surface area contributed by atoms with E-state index >= 15 is 0 Å². The Morgan fingerprint density at radius 3 is 1.42 bits per heavy atom. The molecule has 252 valence electrons. The van der Waals surface area contributed by atoms with Crippen LogP contribution in [0.4, 0.5) is 0 Å². The molecule has 0 saturated carbocycles. The minimum Gasteiger partial charge on any atom is -0.293 e. The first-order valence-electron chi connectivity index (χ1n) is 15.0. The lowest BCUT2D eigenvalue weighted by Gasteiger charge is -2.14. The number of hydrogen-bond acceptors (Lipinski definition) is 12. The molecule has 2 aromatic heterocycles. The zero-order chi connectivity index (χ0) is 34.5. The molecule has 0 bridgehead atoms. The van der Waals surface area contributed by atoms with E-state index in [0.717, 1.165) is 23.5 Å². The third-order valence-electron chi connectivity index (χ3n) is 6.95. The number of pyridine rings is 2. The van der Waals surface area contributed by atoms with Crippen LogP contribution in [0.5, 0.6) is 0 Å². The summed E-state index contributed by atoms with van der Waals surface area (Å²) in [6.45, 7) is 0.684. The molecule has 6 amide bonds. The Hall–Kier alpha value is -4.26. The number of carbonyl (C=O) groups excluding carboxylic acids is 6. The summed E-state index contributed by atoms with van der Waals surface area (Å²) < 4.78 is 0.706. The smallest absolute Gasteiger partial charge is 0.271 e. The van der Waals surface area contributed by atoms with E-state index in [1.54, 1.807) is 36.7 Å². The fourth-order valence-electron chi connectivity index (χ4n) is 4.44. The number of hydrazine groups is 2. The Morgan fingerprint density at radius 2 is 1.04 bits per heavy atom. The Balaban J connectivity index is 1.12. The van der Waals surface area contributed by atoms with Crippen molar-refractivity contribution in [2.75, 3.05) is 13.1 Å². The molecule has 4 N–H and O–H groups in total. The minimum atomic E-state index is -0.466. The molecule has 2 saturated heterocycles. The molecule has 2 aliphatic rings. The highest BCUT2D eigenvalue weighted by molar-refractivity contribution is 8.29. The number of aromatic nitrogens is 2. The van der Waals surface area contributed by atoms with Crippen LogP contribution in [0.15, 0.2) is 58.9 Å². The predicted octanol–water partition coefficient (Wildman–Crippen LogP) is 2.75. The Morgan fingerprint density at radius 1 is 0.625 bits per heavy atom. The second kappa shape index (κ2) is 18.3. The molecule has 18 heteroatoms. The molecular formula is C30H32N8O6S4. The van der Waals surface area contributed by atoms with E-state index in [9.17, 15) is 28.8 Å². The highest BCUT2D eigenvalue weighted by Crippen LogP contribution is 2.42. The van der Waals surface area contributed by atoms with Crippen molar-refractivity contribution in [3.05, 3.63) is 70.0 Å². The molecule has 0 aliphatic carbocycles. The molecular weight excluding hydrogens is 697 g/mol. The summed E-state index contributed by atoms with van der Waals surface area (Å²) in [5.74, 6) is -2.30. The standard InChI is InChI=1S/C30H32N8O6S4/c39-21(33-35-25(41)19-9-7-13-31-17-19)11-3-1-5-15-37-27(43)23(47-29(37)45)24-28(44)38(30(46)48-24)16-6-2-4-12-22(40)34-36-26(42)20-10-8-14-32-18-20/h7-10,13-14,17-18H,1-6,11-12,15-16H2,(H,33,39)(H,34,40)(H,35,41)(H,36,42). The summed E-state index contributed by atoms with van der Waals surface area (Å²) in [4.78, 5) is 85.7. The normalized spacial score (nSPS) is 15.9. The SMILES string of the molecule is O=C(CCCCCN1C(=O)C(=C2SC(=S)N(CCCCCC(=O)NNC(=O)c3cccnc3)C2=O)SC1=S)NNC(=O)c1cccnc1. The van der Waals surface area contributed by atoms with E-state index in [1.165, 1.54) is 22.2 Å². The van der Waals surface area contributed by atoms with Crippen LogP contribution in [0.3, 0.4) is 0 Å². The van der Waals surface area contributed by atoms with Gasteiger partial charge in [-0.3, -0.25) is 70.2 Å². The number of thiocarbonyl (C=S) groups is 2. The molecule has 0 spiro atoms. The van der Waals surface area contributed by atoms with Crippen LogP contribution in [0.2, 0.25) is 0 Å². The molecule has 4 rings (SSSR count). The number of hydrogen-bond donors (Lipinski definition) is 4. The predicted molar refractivity (Wildman–Crippen MR) is 187 cm³/mol. The van der Waals surface area contributed by atoms with Gasteiger partial charge in [0.1, 0.15) is 8.64 Å². The highest BCUT2D eigenvalue weighted by atomic mass is 32.2. The minimum absolute atomic E-state index is 0.187. The van der Waals surface area contributed by atoms with Crippen LogP contribution in [-0.2, 0) is 19.2 Å². The average molecular weight is 729 g/mol. The van der Waals surface area contributed by atoms with Crippen molar-refractivity contribution in [1.82, 2.24) is 41.5 Å². The average Bonchev–Trinajstić information content (AvgIpc) is 3.54. The third kappa shape index (κ3) is 10.4. The van der Waals surface area contributed by atoms with Gasteiger partial charge in [0.15, 0.2) is 0 Å². The zero-order valence-corrected chi connectivity index (χ0v) is 28.8. The third-order valence-corrected chi connectivity index (χ3v) is 9.98. The van der Waals surface area contributed by atoms with Crippen LogP contribution in [0.25, 0.3) is 0 Å². The first-order valence-corrected chi connectivity index (χ1v) is 17.4. The maximum Gasteiger partial charge on any atom is 0.271 e. The van der Waals surface area contributed by atoms with Crippen molar-refractivity contribution in [3.63, 3.8) is 0 Å². The Bertz CT molecular complexity index is 1490. The summed E-state index contributed by atoms with van der Waals surface area (Å²) in [6, 6.07) is 6.39. The van der Waals surface area contributed by atoms with E-state index in [-0.39, 0.29) is 46.3 Å². The van der Waals surface area contributed by atoms with E-state index in [4.69, 9.17) is 24.4 Å². The van der Waals surface area contributed by atoms with Crippen LogP contribution < -0.4 is 21.7 Å². The first kappa shape index (κ1) is 36.6. The summed E-state index contributed by atoms with van der Waals surface area (Å²) in [7, 11) is 0. The van der Waals surface area contributed by atoms with E-state index in [1.807, 2.05) is 0 Å². The second-order valence-electron chi connectivity index (χ2n) is 10.4. The maximum atomic E-state index is 13.2. The zero-order valence-electron chi connectivity index (χ0n) is 25.6. The Labute approximate surface area is 295 Å². The van der Waals surface area contributed by atoms with E-state index < -0.39 is 11.8 Å². The highest BCUT2D eigenvalue weighted by Gasteiger charge is 2.41. The second-order valence-corrected chi connectivity index (χ2v) is 13.7. The summed E-state index contributed by atoms with van der Waals surface area (Å²) in [5, 5.41) is 0. The number of unbranched alkanes of at least 4 members (excludes halogenated alkanes) is 4. The molecule has 4 heterocycles. The Kier molecular flexibility index (Phi) is 14.0. The van der Waals surface area contributed by atoms with Crippen LogP contribution in [0, 0.1) is 0 Å². The summed E-state index contributed by atoms with van der Waals surface area (Å²) in [6.07, 6.45) is 9.77. The number of nitrogens with one attached hydrogen (secondary N) is 4. The molecule has 48 heavy (non-hydrogen) atoms. The number of amides is 6.